The molecule has 0 bridgehead atoms. The molecule has 0 aliphatic carbocycles. The summed E-state index contributed by atoms with van der Waals surface area (Å²) in [5, 5.41) is 2.40. The van der Waals surface area contributed by atoms with Crippen LogP contribution in [0, 0.1) is 3.57 Å². The van der Waals surface area contributed by atoms with Crippen LogP contribution in [0.3, 0.4) is 0 Å². The predicted molar refractivity (Wildman–Crippen MR) is 63.2 cm³/mol. The van der Waals surface area contributed by atoms with Crippen LogP contribution in [-0.2, 0) is 0 Å². The minimum absolute atomic E-state index is 0.971. The first-order valence-electron chi connectivity index (χ1n) is 4.04. The molecule has 0 aliphatic rings. The van der Waals surface area contributed by atoms with Crippen LogP contribution in [0.25, 0.3) is 10.8 Å². The van der Waals surface area contributed by atoms with Crippen molar-refractivity contribution in [1.29, 1.82) is 0 Å². The Labute approximate surface area is 90.9 Å². The summed E-state index contributed by atoms with van der Waals surface area (Å²) in [5.74, 6) is 0.971. The maximum atomic E-state index is 5.35. The van der Waals surface area contributed by atoms with E-state index in [9.17, 15) is 0 Å². The number of rotatable bonds is 1. The summed E-state index contributed by atoms with van der Waals surface area (Å²) < 4.78 is 6.50. The summed E-state index contributed by atoms with van der Waals surface area (Å²) in [7, 11) is 1.71. The lowest BCUT2D eigenvalue weighted by Crippen LogP contribution is -1.87. The molecule has 1 nitrogen and oxygen atoms in total. The van der Waals surface area contributed by atoms with Gasteiger partial charge < -0.3 is 4.74 Å². The Morgan fingerprint density at radius 2 is 1.85 bits per heavy atom. The third-order valence-electron chi connectivity index (χ3n) is 2.04. The molecule has 0 spiro atoms. The highest BCUT2D eigenvalue weighted by atomic mass is 127. The molecule has 2 rings (SSSR count). The molecule has 0 saturated heterocycles. The molecular weight excluding hydrogens is 275 g/mol. The molecule has 13 heavy (non-hydrogen) atoms. The predicted octanol–water partition coefficient (Wildman–Crippen LogP) is 3.45. The number of methoxy groups -OCH3 is 1. The normalized spacial score (nSPS) is 10.3. The zero-order chi connectivity index (χ0) is 9.26. The second-order valence-electron chi connectivity index (χ2n) is 2.80. The molecule has 0 aliphatic heterocycles. The van der Waals surface area contributed by atoms with E-state index < -0.39 is 0 Å². The van der Waals surface area contributed by atoms with Crippen molar-refractivity contribution in [2.45, 2.75) is 0 Å². The Bertz CT molecular complexity index is 437. The lowest BCUT2D eigenvalue weighted by molar-refractivity contribution is 0.417. The van der Waals surface area contributed by atoms with Crippen molar-refractivity contribution in [3.63, 3.8) is 0 Å². The zero-order valence-electron chi connectivity index (χ0n) is 7.25. The first-order valence-corrected chi connectivity index (χ1v) is 5.12. The molecule has 2 heteroatoms. The van der Waals surface area contributed by atoms with Gasteiger partial charge in [0.25, 0.3) is 0 Å². The zero-order valence-corrected chi connectivity index (χ0v) is 9.41. The fraction of sp³-hybridized carbons (Fsp3) is 0.0909. The first-order chi connectivity index (χ1) is 6.33. The lowest BCUT2D eigenvalue weighted by atomic mass is 10.1. The van der Waals surface area contributed by atoms with Gasteiger partial charge in [0, 0.05) is 5.39 Å². The third-order valence-corrected chi connectivity index (χ3v) is 2.89. The topological polar surface area (TPSA) is 9.23 Å². The van der Waals surface area contributed by atoms with E-state index in [1.165, 1.54) is 10.8 Å². The summed E-state index contributed by atoms with van der Waals surface area (Å²) in [6, 6.07) is 12.4. The van der Waals surface area contributed by atoms with Crippen molar-refractivity contribution in [3.8, 4) is 5.75 Å². The maximum Gasteiger partial charge on any atom is 0.139 e. The van der Waals surface area contributed by atoms with Gasteiger partial charge in [0.2, 0.25) is 0 Å². The number of fused-ring (bicyclic) bond motifs is 1. The van der Waals surface area contributed by atoms with E-state index in [4.69, 9.17) is 4.74 Å². The molecule has 0 radical (unpaired) electrons. The Morgan fingerprint density at radius 3 is 2.62 bits per heavy atom. The van der Waals surface area contributed by atoms with E-state index in [-0.39, 0.29) is 0 Å². The molecule has 0 fully saturated rings. The van der Waals surface area contributed by atoms with Gasteiger partial charge in [0.05, 0.1) is 10.7 Å². The molecule has 0 heterocycles. The summed E-state index contributed by atoms with van der Waals surface area (Å²) >= 11 is 2.28. The molecule has 2 aromatic rings. The Kier molecular flexibility index (Phi) is 2.40. The highest BCUT2D eigenvalue weighted by Gasteiger charge is 2.03. The second-order valence-corrected chi connectivity index (χ2v) is 3.96. The lowest BCUT2D eigenvalue weighted by Gasteiger charge is -2.06. The molecule has 66 valence electrons. The second kappa shape index (κ2) is 3.54. The standard InChI is InChI=1S/C11H9IO/c1-13-11-9-5-3-2-4-8(9)6-7-10(11)12/h2-7H,1H3. The Balaban J connectivity index is 2.84. The van der Waals surface area contributed by atoms with Crippen LogP contribution >= 0.6 is 22.6 Å². The Hall–Kier alpha value is -0.770. The fourth-order valence-corrected chi connectivity index (χ4v) is 2.11. The Morgan fingerprint density at radius 1 is 1.08 bits per heavy atom. The van der Waals surface area contributed by atoms with Crippen molar-refractivity contribution in [2.75, 3.05) is 7.11 Å². The molecule has 2 aromatic carbocycles. The molecule has 0 unspecified atom stereocenters. The van der Waals surface area contributed by atoms with Gasteiger partial charge in [-0.25, -0.2) is 0 Å². The summed E-state index contributed by atoms with van der Waals surface area (Å²) in [4.78, 5) is 0. The van der Waals surface area contributed by atoms with Crippen LogP contribution in [0.1, 0.15) is 0 Å². The summed E-state index contributed by atoms with van der Waals surface area (Å²) in [6.07, 6.45) is 0. The van der Waals surface area contributed by atoms with E-state index in [1.54, 1.807) is 7.11 Å². The number of ether oxygens (including phenoxy) is 1. The number of benzene rings is 2. The van der Waals surface area contributed by atoms with Crippen molar-refractivity contribution in [1.82, 2.24) is 0 Å². The fourth-order valence-electron chi connectivity index (χ4n) is 1.42. The van der Waals surface area contributed by atoms with Crippen LogP contribution in [0.4, 0.5) is 0 Å². The van der Waals surface area contributed by atoms with E-state index >= 15 is 0 Å². The summed E-state index contributed by atoms with van der Waals surface area (Å²) in [5.41, 5.74) is 0. The maximum absolute atomic E-state index is 5.35. The van der Waals surface area contributed by atoms with E-state index in [1.807, 2.05) is 12.1 Å². The highest BCUT2D eigenvalue weighted by molar-refractivity contribution is 14.1. The third kappa shape index (κ3) is 1.50. The molecule has 0 N–H and O–H groups in total. The van der Waals surface area contributed by atoms with Crippen molar-refractivity contribution < 1.29 is 4.74 Å². The van der Waals surface area contributed by atoms with Gasteiger partial charge in [-0.05, 0) is 34.0 Å². The van der Waals surface area contributed by atoms with Crippen molar-refractivity contribution >= 4 is 33.4 Å². The van der Waals surface area contributed by atoms with Gasteiger partial charge in [0.15, 0.2) is 0 Å². The number of hydrogen-bond acceptors (Lipinski definition) is 1. The molecule has 0 amide bonds. The molecule has 0 saturated carbocycles. The van der Waals surface area contributed by atoms with Gasteiger partial charge in [-0.15, -0.1) is 0 Å². The van der Waals surface area contributed by atoms with Gasteiger partial charge in [-0.1, -0.05) is 30.3 Å². The SMILES string of the molecule is COc1c(I)ccc2ccccc12. The van der Waals surface area contributed by atoms with Gasteiger partial charge in [-0.2, -0.15) is 0 Å². The van der Waals surface area contributed by atoms with Crippen molar-refractivity contribution in [2.24, 2.45) is 0 Å². The largest absolute Gasteiger partial charge is 0.495 e. The van der Waals surface area contributed by atoms with Crippen LogP contribution in [0.2, 0.25) is 0 Å². The van der Waals surface area contributed by atoms with Gasteiger partial charge in [0.1, 0.15) is 5.75 Å². The molecule has 0 atom stereocenters. The van der Waals surface area contributed by atoms with Gasteiger partial charge >= 0.3 is 0 Å². The van der Waals surface area contributed by atoms with Crippen molar-refractivity contribution in [3.05, 3.63) is 40.0 Å². The minimum Gasteiger partial charge on any atom is -0.495 e. The summed E-state index contributed by atoms with van der Waals surface area (Å²) in [6.45, 7) is 0. The number of halogens is 1. The average molecular weight is 284 g/mol. The average Bonchev–Trinajstić information content (AvgIpc) is 2.18. The van der Waals surface area contributed by atoms with Crippen LogP contribution < -0.4 is 4.74 Å². The monoisotopic (exact) mass is 284 g/mol. The van der Waals surface area contributed by atoms with E-state index in [2.05, 4.69) is 46.9 Å². The van der Waals surface area contributed by atoms with Crippen LogP contribution in [0.5, 0.6) is 5.75 Å². The van der Waals surface area contributed by atoms with Crippen LogP contribution in [0.15, 0.2) is 36.4 Å². The van der Waals surface area contributed by atoms with E-state index in [0.717, 1.165) is 9.32 Å². The minimum atomic E-state index is 0.971. The first kappa shape index (κ1) is 8.81. The number of hydrogen-bond donors (Lipinski definition) is 0. The van der Waals surface area contributed by atoms with E-state index in [0.29, 0.717) is 0 Å². The molecule has 0 aromatic heterocycles. The highest BCUT2D eigenvalue weighted by Crippen LogP contribution is 2.30. The van der Waals surface area contributed by atoms with Gasteiger partial charge in [-0.3, -0.25) is 0 Å². The van der Waals surface area contributed by atoms with Crippen LogP contribution in [-0.4, -0.2) is 7.11 Å². The molecular formula is C11H9IO. The smallest absolute Gasteiger partial charge is 0.139 e. The quantitative estimate of drug-likeness (QED) is 0.729.